The molecule has 1 aromatic rings. The Kier molecular flexibility index (Phi) is 3.09. The second-order valence-electron chi connectivity index (χ2n) is 3.53. The summed E-state index contributed by atoms with van der Waals surface area (Å²) in [7, 11) is 0. The van der Waals surface area contributed by atoms with E-state index in [4.69, 9.17) is 0 Å². The van der Waals surface area contributed by atoms with E-state index in [9.17, 15) is 4.79 Å². The predicted octanol–water partition coefficient (Wildman–Crippen LogP) is 2.37. The zero-order chi connectivity index (χ0) is 10.9. The molecule has 1 saturated heterocycles. The SMILES string of the molecule is CCC1(c2ccccc2)NC(S)SC1=O. The lowest BCUT2D eigenvalue weighted by atomic mass is 9.89. The fourth-order valence-electron chi connectivity index (χ4n) is 1.88. The van der Waals surface area contributed by atoms with Gasteiger partial charge in [-0.25, -0.2) is 0 Å². The minimum atomic E-state index is -0.543. The van der Waals surface area contributed by atoms with Crippen LogP contribution < -0.4 is 5.32 Å². The van der Waals surface area contributed by atoms with Crippen LogP contribution in [0.2, 0.25) is 0 Å². The van der Waals surface area contributed by atoms with Crippen molar-refractivity contribution in [3.05, 3.63) is 35.9 Å². The highest BCUT2D eigenvalue weighted by Gasteiger charge is 2.45. The highest BCUT2D eigenvalue weighted by Crippen LogP contribution is 2.39. The second kappa shape index (κ2) is 4.20. The molecule has 1 heterocycles. The first-order valence-electron chi connectivity index (χ1n) is 4.91. The largest absolute Gasteiger partial charge is 0.285 e. The van der Waals surface area contributed by atoms with Crippen molar-refractivity contribution in [2.75, 3.05) is 0 Å². The summed E-state index contributed by atoms with van der Waals surface area (Å²) in [5.41, 5.74) is 0.486. The molecule has 2 unspecified atom stereocenters. The summed E-state index contributed by atoms with van der Waals surface area (Å²) in [5, 5.41) is 3.42. The maximum Gasteiger partial charge on any atom is 0.215 e. The Morgan fingerprint density at radius 3 is 2.60 bits per heavy atom. The molecule has 0 amide bonds. The molecular formula is C11H13NOS2. The van der Waals surface area contributed by atoms with Crippen molar-refractivity contribution in [1.82, 2.24) is 5.32 Å². The van der Waals surface area contributed by atoms with E-state index in [1.807, 2.05) is 37.3 Å². The summed E-state index contributed by atoms with van der Waals surface area (Å²) >= 11 is 5.56. The van der Waals surface area contributed by atoms with Gasteiger partial charge in [0.1, 0.15) is 10.2 Å². The van der Waals surface area contributed by atoms with Gasteiger partial charge in [-0.1, -0.05) is 49.0 Å². The van der Waals surface area contributed by atoms with E-state index in [-0.39, 0.29) is 9.82 Å². The third-order valence-electron chi connectivity index (χ3n) is 2.73. The topological polar surface area (TPSA) is 29.1 Å². The molecule has 1 aliphatic rings. The van der Waals surface area contributed by atoms with E-state index in [1.54, 1.807) is 0 Å². The van der Waals surface area contributed by atoms with E-state index in [1.165, 1.54) is 11.8 Å². The summed E-state index contributed by atoms with van der Waals surface area (Å²) in [6.07, 6.45) is 0.750. The first-order chi connectivity index (χ1) is 7.19. The van der Waals surface area contributed by atoms with Crippen LogP contribution >= 0.6 is 24.4 Å². The number of hydrogen-bond donors (Lipinski definition) is 2. The summed E-state index contributed by atoms with van der Waals surface area (Å²) < 4.78 is -0.0994. The second-order valence-corrected chi connectivity index (χ2v) is 5.47. The van der Waals surface area contributed by atoms with E-state index >= 15 is 0 Å². The molecule has 0 saturated carbocycles. The summed E-state index contributed by atoms with van der Waals surface area (Å²) in [4.78, 5) is 12.0. The van der Waals surface area contributed by atoms with E-state index in [0.717, 1.165) is 12.0 Å². The summed E-state index contributed by atoms with van der Waals surface area (Å²) in [6.45, 7) is 2.02. The zero-order valence-electron chi connectivity index (χ0n) is 8.43. The highest BCUT2D eigenvalue weighted by molar-refractivity contribution is 8.21. The average Bonchev–Trinajstić information content (AvgIpc) is 2.56. The van der Waals surface area contributed by atoms with Crippen molar-refractivity contribution < 1.29 is 4.79 Å². The average molecular weight is 239 g/mol. The molecule has 0 aromatic heterocycles. The molecule has 0 radical (unpaired) electrons. The first-order valence-corrected chi connectivity index (χ1v) is 6.31. The van der Waals surface area contributed by atoms with Gasteiger partial charge in [-0.05, 0) is 12.0 Å². The van der Waals surface area contributed by atoms with Crippen LogP contribution in [0.25, 0.3) is 0 Å². The van der Waals surface area contributed by atoms with Gasteiger partial charge in [-0.3, -0.25) is 10.1 Å². The van der Waals surface area contributed by atoms with Gasteiger partial charge >= 0.3 is 0 Å². The quantitative estimate of drug-likeness (QED) is 0.776. The maximum atomic E-state index is 12.0. The van der Waals surface area contributed by atoms with Gasteiger partial charge in [-0.2, -0.15) is 0 Å². The Morgan fingerprint density at radius 2 is 2.13 bits per heavy atom. The van der Waals surface area contributed by atoms with Crippen molar-refractivity contribution in [2.45, 2.75) is 23.6 Å². The Labute approximate surface area is 99.2 Å². The molecule has 0 aliphatic carbocycles. The Hall–Kier alpha value is -0.450. The van der Waals surface area contributed by atoms with Gasteiger partial charge in [0.05, 0.1) is 0 Å². The van der Waals surface area contributed by atoms with Gasteiger partial charge < -0.3 is 0 Å². The van der Waals surface area contributed by atoms with Crippen LogP contribution in [0.4, 0.5) is 0 Å². The van der Waals surface area contributed by atoms with Crippen molar-refractivity contribution in [2.24, 2.45) is 0 Å². The fourth-order valence-corrected chi connectivity index (χ4v) is 3.37. The van der Waals surface area contributed by atoms with E-state index in [0.29, 0.717) is 0 Å². The fraction of sp³-hybridized carbons (Fsp3) is 0.364. The van der Waals surface area contributed by atoms with E-state index < -0.39 is 5.54 Å². The predicted molar refractivity (Wildman–Crippen MR) is 66.9 cm³/mol. The third kappa shape index (κ3) is 1.82. The maximum absolute atomic E-state index is 12.0. The normalized spacial score (nSPS) is 30.8. The number of thioether (sulfide) groups is 1. The number of rotatable bonds is 2. The minimum absolute atomic E-state index is 0.0994. The van der Waals surface area contributed by atoms with E-state index in [2.05, 4.69) is 17.9 Å². The standard InChI is InChI=1S/C11H13NOS2/c1-2-11(8-6-4-3-5-7-8)9(13)15-10(14)12-11/h3-7,10,12,14H,2H2,1H3. The molecular weight excluding hydrogens is 226 g/mol. The summed E-state index contributed by atoms with van der Waals surface area (Å²) in [6, 6.07) is 9.84. The van der Waals surface area contributed by atoms with Crippen LogP contribution in [0.15, 0.2) is 30.3 Å². The van der Waals surface area contributed by atoms with Crippen LogP contribution in [-0.2, 0) is 10.3 Å². The number of thiol groups is 1. The Balaban J connectivity index is 2.43. The van der Waals surface area contributed by atoms with Crippen molar-refractivity contribution in [3.63, 3.8) is 0 Å². The Bertz CT molecular complexity index is 368. The van der Waals surface area contributed by atoms with Crippen LogP contribution in [0.3, 0.4) is 0 Å². The van der Waals surface area contributed by atoms with Gasteiger partial charge in [0.2, 0.25) is 5.12 Å². The van der Waals surface area contributed by atoms with Crippen LogP contribution in [0.5, 0.6) is 0 Å². The van der Waals surface area contributed by atoms with Gasteiger partial charge in [0.25, 0.3) is 0 Å². The Morgan fingerprint density at radius 1 is 1.47 bits per heavy atom. The minimum Gasteiger partial charge on any atom is -0.285 e. The van der Waals surface area contributed by atoms with Gasteiger partial charge in [0.15, 0.2) is 0 Å². The lowest BCUT2D eigenvalue weighted by molar-refractivity contribution is -0.116. The van der Waals surface area contributed by atoms with Crippen molar-refractivity contribution in [3.8, 4) is 0 Å². The van der Waals surface area contributed by atoms with Crippen molar-refractivity contribution in [1.29, 1.82) is 0 Å². The first kappa shape index (κ1) is 11.0. The number of nitrogens with one attached hydrogen (secondary N) is 1. The number of hydrogen-bond acceptors (Lipinski definition) is 4. The molecule has 2 rings (SSSR count). The molecule has 4 heteroatoms. The molecule has 15 heavy (non-hydrogen) atoms. The monoisotopic (exact) mass is 239 g/mol. The molecule has 1 fully saturated rings. The van der Waals surface area contributed by atoms with Crippen LogP contribution in [0.1, 0.15) is 18.9 Å². The third-order valence-corrected chi connectivity index (χ3v) is 4.08. The summed E-state index contributed by atoms with van der Waals surface area (Å²) in [5.74, 6) is 0. The molecule has 2 nitrogen and oxygen atoms in total. The molecule has 1 aromatic carbocycles. The molecule has 2 atom stereocenters. The van der Waals surface area contributed by atoms with Gasteiger partial charge in [-0.15, -0.1) is 12.6 Å². The highest BCUT2D eigenvalue weighted by atomic mass is 32.2. The molecule has 1 aliphatic heterocycles. The molecule has 0 spiro atoms. The van der Waals surface area contributed by atoms with Crippen LogP contribution in [-0.4, -0.2) is 9.82 Å². The zero-order valence-corrected chi connectivity index (χ0v) is 10.1. The molecule has 1 N–H and O–H groups in total. The van der Waals surface area contributed by atoms with Crippen LogP contribution in [0, 0.1) is 0 Å². The number of benzene rings is 1. The number of carbonyl (C=O) groups excluding carboxylic acids is 1. The smallest absolute Gasteiger partial charge is 0.215 e. The van der Waals surface area contributed by atoms with Crippen molar-refractivity contribution >= 4 is 29.5 Å². The lowest BCUT2D eigenvalue weighted by Gasteiger charge is -2.26. The van der Waals surface area contributed by atoms with Gasteiger partial charge in [0, 0.05) is 0 Å². The molecule has 0 bridgehead atoms. The molecule has 80 valence electrons. The lowest BCUT2D eigenvalue weighted by Crippen LogP contribution is -2.42. The number of carbonyl (C=O) groups is 1.